The second-order valence-corrected chi connectivity index (χ2v) is 7.28. The molecule has 0 aliphatic carbocycles. The van der Waals surface area contributed by atoms with Gasteiger partial charge in [-0.2, -0.15) is 0 Å². The van der Waals surface area contributed by atoms with E-state index in [1.165, 1.54) is 6.42 Å². The molecule has 3 rings (SSSR count). The molecule has 1 aromatic heterocycles. The number of hydrogen-bond donors (Lipinski definition) is 1. The monoisotopic (exact) mass is 367 g/mol. The first-order chi connectivity index (χ1) is 13.1. The van der Waals surface area contributed by atoms with E-state index in [-0.39, 0.29) is 12.0 Å². The Kier molecular flexibility index (Phi) is 6.32. The third-order valence-corrected chi connectivity index (χ3v) is 4.87. The Bertz CT molecular complexity index is 758. The van der Waals surface area contributed by atoms with Crippen LogP contribution < -0.4 is 10.1 Å². The van der Waals surface area contributed by atoms with Crippen molar-refractivity contribution >= 4 is 17.3 Å². The number of hydrogen-bond acceptors (Lipinski definition) is 4. The zero-order valence-corrected chi connectivity index (χ0v) is 16.4. The Balaban J connectivity index is 1.71. The molecule has 1 aliphatic rings. The molecule has 1 atom stereocenters. The van der Waals surface area contributed by atoms with Gasteiger partial charge >= 0.3 is 0 Å². The summed E-state index contributed by atoms with van der Waals surface area (Å²) in [5, 5.41) is 3.33. The minimum absolute atomic E-state index is 0.0386. The fourth-order valence-corrected chi connectivity index (χ4v) is 3.52. The van der Waals surface area contributed by atoms with E-state index in [1.54, 1.807) is 12.3 Å². The van der Waals surface area contributed by atoms with Gasteiger partial charge in [-0.05, 0) is 63.8 Å². The molecule has 1 aliphatic heterocycles. The molecule has 5 heteroatoms. The van der Waals surface area contributed by atoms with Crippen LogP contribution in [0.25, 0.3) is 0 Å². The summed E-state index contributed by atoms with van der Waals surface area (Å²) in [6.07, 6.45) is 6.18. The van der Waals surface area contributed by atoms with E-state index in [1.807, 2.05) is 49.1 Å². The predicted molar refractivity (Wildman–Crippen MR) is 109 cm³/mol. The molecule has 1 saturated heterocycles. The van der Waals surface area contributed by atoms with E-state index in [2.05, 4.69) is 17.2 Å². The SMILES string of the molecule is CCC1CCCCN1C(=O)c1ccc(Nc2ccccc2OC(C)C)cn1. The molecular weight excluding hydrogens is 338 g/mol. The molecule has 27 heavy (non-hydrogen) atoms. The molecule has 0 bridgehead atoms. The Labute approximate surface area is 161 Å². The van der Waals surface area contributed by atoms with Crippen molar-refractivity contribution in [1.82, 2.24) is 9.88 Å². The van der Waals surface area contributed by atoms with Gasteiger partial charge in [-0.3, -0.25) is 4.79 Å². The van der Waals surface area contributed by atoms with Gasteiger partial charge in [0, 0.05) is 12.6 Å². The number of pyridine rings is 1. The summed E-state index contributed by atoms with van der Waals surface area (Å²) in [6, 6.07) is 11.9. The van der Waals surface area contributed by atoms with Gasteiger partial charge < -0.3 is 15.0 Å². The van der Waals surface area contributed by atoms with E-state index in [4.69, 9.17) is 4.74 Å². The van der Waals surface area contributed by atoms with Crippen LogP contribution in [0.1, 0.15) is 56.9 Å². The van der Waals surface area contributed by atoms with Crippen molar-refractivity contribution in [3.8, 4) is 5.75 Å². The van der Waals surface area contributed by atoms with Crippen molar-refractivity contribution in [3.63, 3.8) is 0 Å². The molecule has 144 valence electrons. The average molecular weight is 367 g/mol. The zero-order valence-electron chi connectivity index (χ0n) is 16.4. The summed E-state index contributed by atoms with van der Waals surface area (Å²) < 4.78 is 5.84. The maximum atomic E-state index is 12.8. The van der Waals surface area contributed by atoms with E-state index in [9.17, 15) is 4.79 Å². The standard InChI is InChI=1S/C22H29N3O2/c1-4-18-9-7-8-14-25(18)22(26)20-13-12-17(15-23-20)24-19-10-5-6-11-21(19)27-16(2)3/h5-6,10-13,15-16,18,24H,4,7-9,14H2,1-3H3. The fourth-order valence-electron chi connectivity index (χ4n) is 3.52. The van der Waals surface area contributed by atoms with Crippen molar-refractivity contribution < 1.29 is 9.53 Å². The second kappa shape index (κ2) is 8.89. The highest BCUT2D eigenvalue weighted by molar-refractivity contribution is 5.92. The Morgan fingerprint density at radius 3 is 2.78 bits per heavy atom. The van der Waals surface area contributed by atoms with Gasteiger partial charge in [-0.15, -0.1) is 0 Å². The van der Waals surface area contributed by atoms with Crippen LogP contribution in [0.5, 0.6) is 5.75 Å². The van der Waals surface area contributed by atoms with Crippen LogP contribution in [0.15, 0.2) is 42.6 Å². The third-order valence-electron chi connectivity index (χ3n) is 4.87. The van der Waals surface area contributed by atoms with Crippen molar-refractivity contribution in [2.24, 2.45) is 0 Å². The molecule has 5 nitrogen and oxygen atoms in total. The van der Waals surface area contributed by atoms with Crippen LogP contribution in [0, 0.1) is 0 Å². The summed E-state index contributed by atoms with van der Waals surface area (Å²) in [6.45, 7) is 6.98. The minimum Gasteiger partial charge on any atom is -0.489 e. The van der Waals surface area contributed by atoms with Crippen molar-refractivity contribution in [3.05, 3.63) is 48.3 Å². The summed E-state index contributed by atoms with van der Waals surface area (Å²) in [5.41, 5.74) is 2.22. The van der Waals surface area contributed by atoms with Crippen molar-refractivity contribution in [2.75, 3.05) is 11.9 Å². The van der Waals surface area contributed by atoms with E-state index >= 15 is 0 Å². The number of benzene rings is 1. The number of likely N-dealkylation sites (tertiary alicyclic amines) is 1. The number of aromatic nitrogens is 1. The smallest absolute Gasteiger partial charge is 0.272 e. The first-order valence-corrected chi connectivity index (χ1v) is 9.88. The number of piperidine rings is 1. The largest absolute Gasteiger partial charge is 0.489 e. The van der Waals surface area contributed by atoms with Gasteiger partial charge in [0.2, 0.25) is 0 Å². The van der Waals surface area contributed by atoms with Crippen LogP contribution in [-0.4, -0.2) is 34.5 Å². The summed E-state index contributed by atoms with van der Waals surface area (Å²) >= 11 is 0. The van der Waals surface area contributed by atoms with E-state index in [0.717, 1.165) is 42.9 Å². The van der Waals surface area contributed by atoms with E-state index in [0.29, 0.717) is 11.7 Å². The van der Waals surface area contributed by atoms with Crippen molar-refractivity contribution in [1.29, 1.82) is 0 Å². The highest BCUT2D eigenvalue weighted by atomic mass is 16.5. The number of rotatable bonds is 6. The highest BCUT2D eigenvalue weighted by Crippen LogP contribution is 2.28. The molecule has 1 fully saturated rings. The lowest BCUT2D eigenvalue weighted by Gasteiger charge is -2.35. The fraction of sp³-hybridized carbons (Fsp3) is 0.455. The van der Waals surface area contributed by atoms with Crippen LogP contribution in [-0.2, 0) is 0 Å². The number of anilines is 2. The lowest BCUT2D eigenvalue weighted by atomic mass is 9.99. The van der Waals surface area contributed by atoms with Crippen molar-refractivity contribution in [2.45, 2.75) is 58.6 Å². The normalized spacial score (nSPS) is 17.0. The average Bonchev–Trinajstić information content (AvgIpc) is 2.69. The molecule has 2 aromatic rings. The Morgan fingerprint density at radius 1 is 1.26 bits per heavy atom. The van der Waals surface area contributed by atoms with Gasteiger partial charge in [0.1, 0.15) is 11.4 Å². The summed E-state index contributed by atoms with van der Waals surface area (Å²) in [7, 11) is 0. The molecule has 0 radical (unpaired) electrons. The number of carbonyl (C=O) groups excluding carboxylic acids is 1. The molecule has 1 N–H and O–H groups in total. The highest BCUT2D eigenvalue weighted by Gasteiger charge is 2.26. The maximum absolute atomic E-state index is 12.8. The molecular formula is C22H29N3O2. The lowest BCUT2D eigenvalue weighted by molar-refractivity contribution is 0.0602. The number of nitrogens with zero attached hydrogens (tertiary/aromatic N) is 2. The lowest BCUT2D eigenvalue weighted by Crippen LogP contribution is -2.43. The summed E-state index contributed by atoms with van der Waals surface area (Å²) in [5.74, 6) is 0.836. The quantitative estimate of drug-likeness (QED) is 0.779. The van der Waals surface area contributed by atoms with Gasteiger partial charge in [0.25, 0.3) is 5.91 Å². The van der Waals surface area contributed by atoms with Gasteiger partial charge in [-0.1, -0.05) is 19.1 Å². The molecule has 1 unspecified atom stereocenters. The van der Waals surface area contributed by atoms with Gasteiger partial charge in [0.05, 0.1) is 23.7 Å². The number of amides is 1. The molecule has 2 heterocycles. The van der Waals surface area contributed by atoms with Crippen LogP contribution >= 0.6 is 0 Å². The summed E-state index contributed by atoms with van der Waals surface area (Å²) in [4.78, 5) is 19.2. The Hall–Kier alpha value is -2.56. The molecule has 1 amide bonds. The minimum atomic E-state index is 0.0386. The topological polar surface area (TPSA) is 54.5 Å². The van der Waals surface area contributed by atoms with Crippen LogP contribution in [0.2, 0.25) is 0 Å². The first-order valence-electron chi connectivity index (χ1n) is 9.88. The molecule has 0 saturated carbocycles. The number of ether oxygens (including phenoxy) is 1. The third kappa shape index (κ3) is 4.79. The zero-order chi connectivity index (χ0) is 19.2. The number of para-hydroxylation sites is 2. The van der Waals surface area contributed by atoms with Crippen LogP contribution in [0.4, 0.5) is 11.4 Å². The first kappa shape index (κ1) is 19.2. The molecule has 1 aromatic carbocycles. The number of nitrogens with one attached hydrogen (secondary N) is 1. The Morgan fingerprint density at radius 2 is 2.07 bits per heavy atom. The second-order valence-electron chi connectivity index (χ2n) is 7.28. The maximum Gasteiger partial charge on any atom is 0.272 e. The number of carbonyl (C=O) groups is 1. The van der Waals surface area contributed by atoms with Gasteiger partial charge in [-0.25, -0.2) is 4.98 Å². The van der Waals surface area contributed by atoms with Crippen LogP contribution in [0.3, 0.4) is 0 Å². The predicted octanol–water partition coefficient (Wildman–Crippen LogP) is 5.02. The molecule has 0 spiro atoms. The van der Waals surface area contributed by atoms with E-state index < -0.39 is 0 Å². The van der Waals surface area contributed by atoms with Gasteiger partial charge in [0.15, 0.2) is 0 Å².